The molecular formula is C20H24N4. The maximum Gasteiger partial charge on any atom is 0.159 e. The van der Waals surface area contributed by atoms with Crippen molar-refractivity contribution in [3.63, 3.8) is 0 Å². The molecule has 4 rings (SSSR count). The number of rotatable bonds is 3. The van der Waals surface area contributed by atoms with Crippen LogP contribution < -0.4 is 5.32 Å². The SMILES string of the molecule is Cc1cc2nc(-c3ccccn3)n(CC3CCNCC3)c2cc1C. The van der Waals surface area contributed by atoms with Crippen LogP contribution in [0.1, 0.15) is 24.0 Å². The molecule has 24 heavy (non-hydrogen) atoms. The second-order valence-electron chi connectivity index (χ2n) is 6.88. The van der Waals surface area contributed by atoms with Gasteiger partial charge in [0.05, 0.1) is 11.0 Å². The van der Waals surface area contributed by atoms with E-state index in [-0.39, 0.29) is 0 Å². The third-order valence-electron chi connectivity index (χ3n) is 5.16. The molecule has 0 spiro atoms. The van der Waals surface area contributed by atoms with Crippen LogP contribution in [0.15, 0.2) is 36.5 Å². The molecular weight excluding hydrogens is 296 g/mol. The molecule has 124 valence electrons. The monoisotopic (exact) mass is 320 g/mol. The van der Waals surface area contributed by atoms with Gasteiger partial charge in [0.1, 0.15) is 5.69 Å². The van der Waals surface area contributed by atoms with E-state index in [1.165, 1.54) is 29.5 Å². The van der Waals surface area contributed by atoms with Crippen LogP contribution in [-0.2, 0) is 6.54 Å². The molecule has 0 aliphatic carbocycles. The summed E-state index contributed by atoms with van der Waals surface area (Å²) in [5.41, 5.74) is 5.88. The minimum Gasteiger partial charge on any atom is -0.322 e. The lowest BCUT2D eigenvalue weighted by Crippen LogP contribution is -2.30. The average Bonchev–Trinajstić information content (AvgIpc) is 2.95. The van der Waals surface area contributed by atoms with Crippen LogP contribution in [0.5, 0.6) is 0 Å². The van der Waals surface area contributed by atoms with E-state index in [0.717, 1.165) is 36.7 Å². The molecule has 0 saturated carbocycles. The van der Waals surface area contributed by atoms with Gasteiger partial charge in [-0.3, -0.25) is 4.98 Å². The van der Waals surface area contributed by atoms with E-state index in [9.17, 15) is 0 Å². The minimum absolute atomic E-state index is 0.702. The summed E-state index contributed by atoms with van der Waals surface area (Å²) >= 11 is 0. The van der Waals surface area contributed by atoms with Crippen molar-refractivity contribution in [2.75, 3.05) is 13.1 Å². The van der Waals surface area contributed by atoms with Crippen LogP contribution >= 0.6 is 0 Å². The Morgan fingerprint density at radius 2 is 1.92 bits per heavy atom. The predicted molar refractivity (Wildman–Crippen MR) is 98.0 cm³/mol. The zero-order valence-electron chi connectivity index (χ0n) is 14.4. The summed E-state index contributed by atoms with van der Waals surface area (Å²) < 4.78 is 2.39. The zero-order chi connectivity index (χ0) is 16.5. The van der Waals surface area contributed by atoms with Gasteiger partial charge >= 0.3 is 0 Å². The second kappa shape index (κ2) is 6.36. The molecule has 1 aliphatic heterocycles. The maximum absolute atomic E-state index is 4.94. The first-order valence-electron chi connectivity index (χ1n) is 8.82. The molecule has 0 unspecified atom stereocenters. The Morgan fingerprint density at radius 3 is 2.67 bits per heavy atom. The van der Waals surface area contributed by atoms with Crippen molar-refractivity contribution >= 4 is 11.0 Å². The van der Waals surface area contributed by atoms with E-state index in [0.29, 0.717) is 5.92 Å². The van der Waals surface area contributed by atoms with Crippen molar-refractivity contribution in [2.24, 2.45) is 5.92 Å². The van der Waals surface area contributed by atoms with Gasteiger partial charge in [0.25, 0.3) is 0 Å². The molecule has 3 aromatic rings. The number of benzene rings is 1. The van der Waals surface area contributed by atoms with Gasteiger partial charge < -0.3 is 9.88 Å². The normalized spacial score (nSPS) is 15.9. The lowest BCUT2D eigenvalue weighted by atomic mass is 9.98. The lowest BCUT2D eigenvalue weighted by Gasteiger charge is -2.24. The van der Waals surface area contributed by atoms with E-state index in [1.807, 2.05) is 18.3 Å². The van der Waals surface area contributed by atoms with Crippen LogP contribution in [0, 0.1) is 19.8 Å². The Balaban J connectivity index is 1.85. The smallest absolute Gasteiger partial charge is 0.159 e. The molecule has 1 aromatic carbocycles. The average molecular weight is 320 g/mol. The number of imidazole rings is 1. The van der Waals surface area contributed by atoms with Crippen LogP contribution in [0.3, 0.4) is 0 Å². The molecule has 4 heteroatoms. The van der Waals surface area contributed by atoms with Gasteiger partial charge in [-0.2, -0.15) is 0 Å². The number of fused-ring (bicyclic) bond motifs is 1. The fourth-order valence-corrected chi connectivity index (χ4v) is 3.58. The van der Waals surface area contributed by atoms with Crippen LogP contribution in [0.25, 0.3) is 22.6 Å². The molecule has 4 nitrogen and oxygen atoms in total. The number of piperidine rings is 1. The number of hydrogen-bond donors (Lipinski definition) is 1. The zero-order valence-corrected chi connectivity index (χ0v) is 14.4. The fourth-order valence-electron chi connectivity index (χ4n) is 3.58. The molecule has 0 amide bonds. The molecule has 0 radical (unpaired) electrons. The Kier molecular flexibility index (Phi) is 4.07. The summed E-state index contributed by atoms with van der Waals surface area (Å²) in [5.74, 6) is 1.70. The summed E-state index contributed by atoms with van der Waals surface area (Å²) in [4.78, 5) is 9.48. The third-order valence-corrected chi connectivity index (χ3v) is 5.16. The minimum atomic E-state index is 0.702. The van der Waals surface area contributed by atoms with Crippen molar-refractivity contribution in [1.29, 1.82) is 0 Å². The summed E-state index contributed by atoms with van der Waals surface area (Å²) in [5, 5.41) is 3.46. The highest BCUT2D eigenvalue weighted by molar-refractivity contribution is 5.81. The van der Waals surface area contributed by atoms with E-state index in [1.54, 1.807) is 0 Å². The Bertz CT molecular complexity index is 845. The van der Waals surface area contributed by atoms with Gasteiger partial charge in [0, 0.05) is 12.7 Å². The van der Waals surface area contributed by atoms with Crippen molar-refractivity contribution in [3.05, 3.63) is 47.7 Å². The van der Waals surface area contributed by atoms with Gasteiger partial charge in [0.2, 0.25) is 0 Å². The molecule has 2 aromatic heterocycles. The van der Waals surface area contributed by atoms with Crippen LogP contribution in [0.2, 0.25) is 0 Å². The third kappa shape index (κ3) is 2.82. The number of aryl methyl sites for hydroxylation is 2. The van der Waals surface area contributed by atoms with E-state index >= 15 is 0 Å². The molecule has 3 heterocycles. The molecule has 0 atom stereocenters. The van der Waals surface area contributed by atoms with Crippen LogP contribution in [-0.4, -0.2) is 27.6 Å². The quantitative estimate of drug-likeness (QED) is 0.800. The molecule has 1 N–H and O–H groups in total. The van der Waals surface area contributed by atoms with Crippen molar-refractivity contribution in [2.45, 2.75) is 33.2 Å². The first-order chi connectivity index (χ1) is 11.7. The van der Waals surface area contributed by atoms with E-state index in [2.05, 4.69) is 46.9 Å². The number of pyridine rings is 1. The van der Waals surface area contributed by atoms with Crippen molar-refractivity contribution < 1.29 is 0 Å². The lowest BCUT2D eigenvalue weighted by molar-refractivity contribution is 0.337. The van der Waals surface area contributed by atoms with Gasteiger partial charge in [-0.05, 0) is 81.1 Å². The molecule has 1 saturated heterocycles. The standard InChI is InChI=1S/C20H24N4/c1-14-11-18-19(12-15(14)2)24(13-16-6-9-21-10-7-16)20(23-18)17-5-3-4-8-22-17/h3-5,8,11-12,16,21H,6-7,9-10,13H2,1-2H3. The highest BCUT2D eigenvalue weighted by atomic mass is 15.1. The van der Waals surface area contributed by atoms with Gasteiger partial charge in [-0.25, -0.2) is 4.98 Å². The Labute approximate surface area is 142 Å². The number of aromatic nitrogens is 3. The molecule has 1 aliphatic rings. The Morgan fingerprint density at radius 1 is 1.12 bits per heavy atom. The van der Waals surface area contributed by atoms with Crippen molar-refractivity contribution in [3.8, 4) is 11.5 Å². The second-order valence-corrected chi connectivity index (χ2v) is 6.88. The van der Waals surface area contributed by atoms with Crippen LogP contribution in [0.4, 0.5) is 0 Å². The van der Waals surface area contributed by atoms with Gasteiger partial charge in [-0.1, -0.05) is 6.07 Å². The van der Waals surface area contributed by atoms with E-state index in [4.69, 9.17) is 4.98 Å². The van der Waals surface area contributed by atoms with E-state index < -0.39 is 0 Å². The summed E-state index contributed by atoms with van der Waals surface area (Å²) in [6.45, 7) is 7.59. The summed E-state index contributed by atoms with van der Waals surface area (Å²) in [7, 11) is 0. The summed E-state index contributed by atoms with van der Waals surface area (Å²) in [6, 6.07) is 10.5. The fraction of sp³-hybridized carbons (Fsp3) is 0.400. The largest absolute Gasteiger partial charge is 0.322 e. The molecule has 1 fully saturated rings. The van der Waals surface area contributed by atoms with Crippen molar-refractivity contribution in [1.82, 2.24) is 19.9 Å². The number of nitrogens with one attached hydrogen (secondary N) is 1. The number of hydrogen-bond acceptors (Lipinski definition) is 3. The first-order valence-corrected chi connectivity index (χ1v) is 8.82. The predicted octanol–water partition coefficient (Wildman–Crippen LogP) is 3.71. The number of nitrogens with zero attached hydrogens (tertiary/aromatic N) is 3. The topological polar surface area (TPSA) is 42.7 Å². The summed E-state index contributed by atoms with van der Waals surface area (Å²) in [6.07, 6.45) is 4.30. The molecule has 0 bridgehead atoms. The first kappa shape index (κ1) is 15.3. The maximum atomic E-state index is 4.94. The highest BCUT2D eigenvalue weighted by Crippen LogP contribution is 2.28. The van der Waals surface area contributed by atoms with Gasteiger partial charge in [0.15, 0.2) is 5.82 Å². The highest BCUT2D eigenvalue weighted by Gasteiger charge is 2.19. The Hall–Kier alpha value is -2.20. The van der Waals surface area contributed by atoms with Gasteiger partial charge in [-0.15, -0.1) is 0 Å².